The average molecular weight is 306 g/mol. The second-order valence-electron chi connectivity index (χ2n) is 4.43. The van der Waals surface area contributed by atoms with Crippen LogP contribution in [0, 0.1) is 0 Å². The molecule has 7 heteroatoms. The molecule has 106 valence electrons. The number of ether oxygens (including phenoxy) is 1. The second-order valence-corrected chi connectivity index (χ2v) is 6.75. The van der Waals surface area contributed by atoms with Gasteiger partial charge in [0.2, 0.25) is 10.0 Å². The summed E-state index contributed by atoms with van der Waals surface area (Å²) in [6, 6.07) is 4.50. The van der Waals surface area contributed by atoms with Crippen LogP contribution in [-0.4, -0.2) is 44.1 Å². The minimum absolute atomic E-state index is 0.0393. The fourth-order valence-corrected chi connectivity index (χ4v) is 4.10. The maximum Gasteiger partial charge on any atom is 0.244 e. The Morgan fingerprint density at radius 3 is 2.84 bits per heavy atom. The van der Waals surface area contributed by atoms with Crippen molar-refractivity contribution in [3.8, 4) is 0 Å². The van der Waals surface area contributed by atoms with Crippen LogP contribution in [0.15, 0.2) is 23.1 Å². The molecule has 1 aliphatic heterocycles. The monoisotopic (exact) mass is 305 g/mol. The molecule has 1 aliphatic rings. The van der Waals surface area contributed by atoms with Crippen molar-refractivity contribution in [2.24, 2.45) is 0 Å². The summed E-state index contributed by atoms with van der Waals surface area (Å²) >= 11 is 5.97. The van der Waals surface area contributed by atoms with Crippen LogP contribution in [0.3, 0.4) is 0 Å². The molecule has 0 aliphatic carbocycles. The summed E-state index contributed by atoms with van der Waals surface area (Å²) in [7, 11) is -2.07. The Kier molecular flexibility index (Phi) is 4.47. The highest BCUT2D eigenvalue weighted by molar-refractivity contribution is 7.89. The van der Waals surface area contributed by atoms with Crippen LogP contribution >= 0.6 is 11.6 Å². The number of aliphatic hydroxyl groups is 1. The lowest BCUT2D eigenvalue weighted by molar-refractivity contribution is 0.115. The molecule has 1 unspecified atom stereocenters. The van der Waals surface area contributed by atoms with E-state index in [0.29, 0.717) is 25.1 Å². The number of methoxy groups -OCH3 is 1. The van der Waals surface area contributed by atoms with Gasteiger partial charge >= 0.3 is 0 Å². The van der Waals surface area contributed by atoms with Gasteiger partial charge in [0.25, 0.3) is 0 Å². The van der Waals surface area contributed by atoms with Crippen LogP contribution in [0.1, 0.15) is 12.0 Å². The number of rotatable bonds is 4. The molecule has 0 radical (unpaired) electrons. The Hall–Kier alpha value is -0.660. The minimum atomic E-state index is -3.63. The third kappa shape index (κ3) is 2.93. The molecule has 0 bridgehead atoms. The first-order valence-electron chi connectivity index (χ1n) is 5.91. The Balaban J connectivity index is 2.34. The van der Waals surface area contributed by atoms with E-state index in [1.54, 1.807) is 13.2 Å². The van der Waals surface area contributed by atoms with E-state index in [2.05, 4.69) is 0 Å². The van der Waals surface area contributed by atoms with Gasteiger partial charge in [-0.15, -0.1) is 0 Å². The molecule has 1 heterocycles. The maximum absolute atomic E-state index is 12.5. The molecular formula is C12H16ClNO4S. The Labute approximate surface area is 117 Å². The zero-order valence-corrected chi connectivity index (χ0v) is 12.1. The van der Waals surface area contributed by atoms with Gasteiger partial charge in [0, 0.05) is 20.2 Å². The number of hydrogen-bond donors (Lipinski definition) is 1. The van der Waals surface area contributed by atoms with Crippen LogP contribution in [0.25, 0.3) is 0 Å². The number of aliphatic hydroxyl groups excluding tert-OH is 1. The summed E-state index contributed by atoms with van der Waals surface area (Å²) in [6.07, 6.45) is 0.599. The molecule has 19 heavy (non-hydrogen) atoms. The predicted molar refractivity (Wildman–Crippen MR) is 71.5 cm³/mol. The highest BCUT2D eigenvalue weighted by Crippen LogP contribution is 2.28. The molecule has 0 saturated carbocycles. The summed E-state index contributed by atoms with van der Waals surface area (Å²) in [6.45, 7) is 0.527. The van der Waals surface area contributed by atoms with Gasteiger partial charge in [0.05, 0.1) is 17.7 Å². The Bertz CT molecular complexity index is 561. The first kappa shape index (κ1) is 14.7. The van der Waals surface area contributed by atoms with E-state index >= 15 is 0 Å². The summed E-state index contributed by atoms with van der Waals surface area (Å²) in [5, 5.41) is 9.26. The fourth-order valence-electron chi connectivity index (χ4n) is 2.09. The number of sulfonamides is 1. The molecule has 1 saturated heterocycles. The standard InChI is InChI=1S/C12H16ClNO4S/c1-18-10-4-5-14(7-10)19(16,17)12-6-9(8-15)2-3-11(12)13/h2-3,6,10,15H,4-5,7-8H2,1H3. The molecule has 0 aromatic heterocycles. The zero-order valence-electron chi connectivity index (χ0n) is 10.5. The quantitative estimate of drug-likeness (QED) is 0.909. The first-order chi connectivity index (χ1) is 8.98. The van der Waals surface area contributed by atoms with E-state index in [1.807, 2.05) is 0 Å². The lowest BCUT2D eigenvalue weighted by Gasteiger charge is -2.17. The smallest absolute Gasteiger partial charge is 0.244 e. The van der Waals surface area contributed by atoms with Gasteiger partial charge in [-0.2, -0.15) is 4.31 Å². The highest BCUT2D eigenvalue weighted by atomic mass is 35.5. The molecular weight excluding hydrogens is 290 g/mol. The van der Waals surface area contributed by atoms with Crippen molar-refractivity contribution in [2.45, 2.75) is 24.0 Å². The molecule has 1 aromatic carbocycles. The van der Waals surface area contributed by atoms with Gasteiger partial charge < -0.3 is 9.84 Å². The highest BCUT2D eigenvalue weighted by Gasteiger charge is 2.33. The van der Waals surface area contributed by atoms with Crippen molar-refractivity contribution >= 4 is 21.6 Å². The lowest BCUT2D eigenvalue weighted by atomic mass is 10.2. The minimum Gasteiger partial charge on any atom is -0.392 e. The SMILES string of the molecule is COC1CCN(S(=O)(=O)c2cc(CO)ccc2Cl)C1. The van der Waals surface area contributed by atoms with Crippen LogP contribution in [-0.2, 0) is 21.4 Å². The molecule has 1 fully saturated rings. The summed E-state index contributed by atoms with van der Waals surface area (Å²) < 4.78 is 31.5. The van der Waals surface area contributed by atoms with Crippen LogP contribution in [0.4, 0.5) is 0 Å². The van der Waals surface area contributed by atoms with Gasteiger partial charge in [-0.05, 0) is 24.1 Å². The normalized spacial score (nSPS) is 20.9. The van der Waals surface area contributed by atoms with E-state index in [9.17, 15) is 8.42 Å². The molecule has 5 nitrogen and oxygen atoms in total. The average Bonchev–Trinajstić information content (AvgIpc) is 2.88. The van der Waals surface area contributed by atoms with Crippen molar-refractivity contribution in [3.05, 3.63) is 28.8 Å². The lowest BCUT2D eigenvalue weighted by Crippen LogP contribution is -2.30. The van der Waals surface area contributed by atoms with Gasteiger partial charge in [-0.3, -0.25) is 0 Å². The van der Waals surface area contributed by atoms with Gasteiger partial charge in [0.1, 0.15) is 4.90 Å². The van der Waals surface area contributed by atoms with Crippen molar-refractivity contribution in [1.82, 2.24) is 4.31 Å². The number of hydrogen-bond acceptors (Lipinski definition) is 4. The van der Waals surface area contributed by atoms with Gasteiger partial charge in [0.15, 0.2) is 0 Å². The predicted octanol–water partition coefficient (Wildman–Crippen LogP) is 1.24. The molecule has 1 atom stereocenters. The van der Waals surface area contributed by atoms with E-state index in [1.165, 1.54) is 16.4 Å². The van der Waals surface area contributed by atoms with E-state index < -0.39 is 10.0 Å². The van der Waals surface area contributed by atoms with Crippen LogP contribution < -0.4 is 0 Å². The largest absolute Gasteiger partial charge is 0.392 e. The van der Waals surface area contributed by atoms with Gasteiger partial charge in [-0.25, -0.2) is 8.42 Å². The Morgan fingerprint density at radius 2 is 2.26 bits per heavy atom. The number of halogens is 1. The molecule has 1 aromatic rings. The summed E-state index contributed by atoms with van der Waals surface area (Å²) in [4.78, 5) is 0.0393. The first-order valence-corrected chi connectivity index (χ1v) is 7.73. The van der Waals surface area contributed by atoms with Crippen LogP contribution in [0.5, 0.6) is 0 Å². The fraction of sp³-hybridized carbons (Fsp3) is 0.500. The molecule has 1 N–H and O–H groups in total. The van der Waals surface area contributed by atoms with E-state index in [-0.39, 0.29) is 22.6 Å². The summed E-state index contributed by atoms with van der Waals surface area (Å²) in [5.74, 6) is 0. The van der Waals surface area contributed by atoms with Crippen molar-refractivity contribution < 1.29 is 18.3 Å². The molecule has 2 rings (SSSR count). The van der Waals surface area contributed by atoms with Crippen LogP contribution in [0.2, 0.25) is 5.02 Å². The zero-order chi connectivity index (χ0) is 14.0. The number of nitrogens with zero attached hydrogens (tertiary/aromatic N) is 1. The topological polar surface area (TPSA) is 66.8 Å². The van der Waals surface area contributed by atoms with Crippen molar-refractivity contribution in [2.75, 3.05) is 20.2 Å². The third-order valence-corrected chi connectivity index (χ3v) is 5.58. The van der Waals surface area contributed by atoms with Crippen molar-refractivity contribution in [1.29, 1.82) is 0 Å². The van der Waals surface area contributed by atoms with E-state index in [0.717, 1.165) is 0 Å². The van der Waals surface area contributed by atoms with Gasteiger partial charge in [-0.1, -0.05) is 17.7 Å². The summed E-state index contributed by atoms with van der Waals surface area (Å²) in [5.41, 5.74) is 0.519. The molecule has 0 spiro atoms. The number of benzene rings is 1. The maximum atomic E-state index is 12.5. The van der Waals surface area contributed by atoms with E-state index in [4.69, 9.17) is 21.4 Å². The molecule has 0 amide bonds. The van der Waals surface area contributed by atoms with Crippen molar-refractivity contribution in [3.63, 3.8) is 0 Å². The third-order valence-electron chi connectivity index (χ3n) is 3.24. The second kappa shape index (κ2) is 5.76. The Morgan fingerprint density at radius 1 is 1.53 bits per heavy atom.